The zero-order chi connectivity index (χ0) is 8.57. The van der Waals surface area contributed by atoms with Gasteiger partial charge >= 0.3 is 17.1 Å². The molecule has 0 aliphatic heterocycles. The van der Waals surface area contributed by atoms with Gasteiger partial charge in [0.05, 0.1) is 11.9 Å². The number of hydrogen-bond donors (Lipinski definition) is 2. The quantitative estimate of drug-likeness (QED) is 0.455. The third-order valence-electron chi connectivity index (χ3n) is 0.333. The van der Waals surface area contributed by atoms with Gasteiger partial charge in [-0.3, -0.25) is 0 Å². The summed E-state index contributed by atoms with van der Waals surface area (Å²) in [5.74, 6) is -2.44. The Hall–Kier alpha value is -0.701. The fraction of sp³-hybridized carbons (Fsp3) is 0.500. The molecule has 0 fully saturated rings. The zero-order valence-corrected chi connectivity index (χ0v) is 7.45. The van der Waals surface area contributed by atoms with Crippen LogP contribution in [-0.4, -0.2) is 36.0 Å². The standard InChI is InChI=1S/2C2H5NO2.Cu.2H2O/c2*3-1-2(4)5;;;/h2*1,3H2,(H,4,5);;2*1H2/q;;+2;;/p-2. The van der Waals surface area contributed by atoms with Gasteiger partial charge < -0.3 is 42.2 Å². The molecule has 9 heteroatoms. The number of carbonyl (C=O) groups excluding carboxylic acids is 2. The van der Waals surface area contributed by atoms with Gasteiger partial charge in [-0.15, -0.1) is 0 Å². The molecule has 1 radical (unpaired) electrons. The van der Waals surface area contributed by atoms with Crippen LogP contribution in [0.2, 0.25) is 0 Å². The molecule has 8 nitrogen and oxygen atoms in total. The maximum absolute atomic E-state index is 9.13. The summed E-state index contributed by atoms with van der Waals surface area (Å²) in [6, 6.07) is 0. The first-order chi connectivity index (χ1) is 4.54. The van der Waals surface area contributed by atoms with Crippen molar-refractivity contribution in [2.75, 3.05) is 13.1 Å². The first-order valence-electron chi connectivity index (χ1n) is 2.34. The molecule has 0 aromatic carbocycles. The number of aliphatic carboxylic acids is 2. The van der Waals surface area contributed by atoms with E-state index in [2.05, 4.69) is 11.5 Å². The summed E-state index contributed by atoms with van der Waals surface area (Å²) in [5.41, 5.74) is 9.02. The van der Waals surface area contributed by atoms with Gasteiger partial charge in [0, 0.05) is 13.1 Å². The summed E-state index contributed by atoms with van der Waals surface area (Å²) < 4.78 is 0. The maximum Gasteiger partial charge on any atom is 2.00 e. The van der Waals surface area contributed by atoms with E-state index in [1.165, 1.54) is 0 Å². The number of carboxylic acid groups (broad SMARTS) is 2. The first kappa shape index (κ1) is 29.5. The second-order valence-corrected chi connectivity index (χ2v) is 1.15. The average molecular weight is 248 g/mol. The van der Waals surface area contributed by atoms with E-state index in [1.807, 2.05) is 0 Å². The molecule has 0 spiro atoms. The van der Waals surface area contributed by atoms with E-state index < -0.39 is 11.9 Å². The Morgan fingerprint density at radius 2 is 1.00 bits per heavy atom. The molecule has 0 saturated carbocycles. The third-order valence-corrected chi connectivity index (χ3v) is 0.333. The number of hydrogen-bond acceptors (Lipinski definition) is 6. The molecule has 0 aliphatic carbocycles. The van der Waals surface area contributed by atoms with E-state index in [4.69, 9.17) is 19.8 Å². The maximum atomic E-state index is 9.13. The molecule has 0 bridgehead atoms. The number of carboxylic acids is 2. The largest absolute Gasteiger partial charge is 2.00 e. The minimum Gasteiger partial charge on any atom is -0.549 e. The van der Waals surface area contributed by atoms with Crippen LogP contribution in [0.4, 0.5) is 0 Å². The van der Waals surface area contributed by atoms with E-state index in [-0.39, 0.29) is 41.1 Å². The van der Waals surface area contributed by atoms with Crippen molar-refractivity contribution in [3.05, 3.63) is 0 Å². The average Bonchev–Trinajstić information content (AvgIpc) is 1.89. The number of rotatable bonds is 2. The summed E-state index contributed by atoms with van der Waals surface area (Å²) in [4.78, 5) is 18.3. The second kappa shape index (κ2) is 22.5. The topological polar surface area (TPSA) is 195 Å². The van der Waals surface area contributed by atoms with Crippen molar-refractivity contribution in [3.8, 4) is 0 Å². The van der Waals surface area contributed by atoms with Crippen LogP contribution in [0.25, 0.3) is 0 Å². The molecule has 0 rings (SSSR count). The van der Waals surface area contributed by atoms with E-state index in [1.54, 1.807) is 0 Å². The summed E-state index contributed by atoms with van der Waals surface area (Å²) in [5, 5.41) is 18.3. The van der Waals surface area contributed by atoms with Crippen LogP contribution < -0.4 is 21.7 Å². The Kier molecular flexibility index (Phi) is 51.0. The third kappa shape index (κ3) is 89.8. The number of nitrogens with two attached hydrogens (primary N) is 2. The van der Waals surface area contributed by atoms with Crippen LogP contribution in [0, 0.1) is 0 Å². The monoisotopic (exact) mass is 247 g/mol. The van der Waals surface area contributed by atoms with Gasteiger partial charge in [0.1, 0.15) is 0 Å². The molecule has 0 heterocycles. The summed E-state index contributed by atoms with van der Waals surface area (Å²) >= 11 is 0. The van der Waals surface area contributed by atoms with E-state index in [0.29, 0.717) is 0 Å². The van der Waals surface area contributed by atoms with Crippen LogP contribution in [0.1, 0.15) is 0 Å². The molecule has 0 amide bonds. The normalized spacial score (nSPS) is 5.69. The molecule has 85 valence electrons. The molecule has 0 aliphatic rings. The minimum absolute atomic E-state index is 0. The van der Waals surface area contributed by atoms with Crippen molar-refractivity contribution in [2.24, 2.45) is 11.5 Å². The van der Waals surface area contributed by atoms with Gasteiger partial charge in [0.25, 0.3) is 0 Å². The van der Waals surface area contributed by atoms with Crippen molar-refractivity contribution in [2.45, 2.75) is 0 Å². The molecule has 0 aromatic rings. The molecular weight excluding hydrogens is 236 g/mol. The van der Waals surface area contributed by atoms with Crippen molar-refractivity contribution >= 4 is 11.9 Å². The molecule has 0 atom stereocenters. The van der Waals surface area contributed by atoms with E-state index in [9.17, 15) is 0 Å². The van der Waals surface area contributed by atoms with Gasteiger partial charge in [0.2, 0.25) is 0 Å². The van der Waals surface area contributed by atoms with Crippen molar-refractivity contribution < 1.29 is 47.8 Å². The fourth-order valence-corrected chi connectivity index (χ4v) is 0. The Balaban J connectivity index is -0.0000000267. The van der Waals surface area contributed by atoms with Gasteiger partial charge in [0.15, 0.2) is 0 Å². The Bertz CT molecular complexity index is 107. The summed E-state index contributed by atoms with van der Waals surface area (Å²) in [6.07, 6.45) is 0. The first-order valence-corrected chi connectivity index (χ1v) is 2.34. The molecule has 0 aromatic heterocycles. The van der Waals surface area contributed by atoms with E-state index >= 15 is 0 Å². The van der Waals surface area contributed by atoms with Crippen molar-refractivity contribution in [1.82, 2.24) is 0 Å². The van der Waals surface area contributed by atoms with Crippen LogP contribution in [0.15, 0.2) is 0 Å². The Labute approximate surface area is 85.0 Å². The van der Waals surface area contributed by atoms with Gasteiger partial charge in [-0.1, -0.05) is 0 Å². The predicted octanol–water partition coefficient (Wildman–Crippen LogP) is -6.26. The SMILES string of the molecule is NCC(=O)[O-].NCC(=O)[O-].O.O.[Cu+2]. The zero-order valence-electron chi connectivity index (χ0n) is 6.50. The van der Waals surface area contributed by atoms with Crippen LogP contribution in [0.5, 0.6) is 0 Å². The fourth-order valence-electron chi connectivity index (χ4n) is 0. The summed E-state index contributed by atoms with van der Waals surface area (Å²) in [6.45, 7) is -0.778. The van der Waals surface area contributed by atoms with Crippen LogP contribution >= 0.6 is 0 Å². The van der Waals surface area contributed by atoms with E-state index in [0.717, 1.165) is 0 Å². The molecule has 0 unspecified atom stereocenters. The molecule has 13 heavy (non-hydrogen) atoms. The minimum atomic E-state index is -1.22. The Morgan fingerprint density at radius 3 is 1.00 bits per heavy atom. The summed E-state index contributed by atoms with van der Waals surface area (Å²) in [7, 11) is 0. The van der Waals surface area contributed by atoms with Crippen molar-refractivity contribution in [3.63, 3.8) is 0 Å². The van der Waals surface area contributed by atoms with Crippen molar-refractivity contribution in [1.29, 1.82) is 0 Å². The van der Waals surface area contributed by atoms with Gasteiger partial charge in [-0.05, 0) is 0 Å². The van der Waals surface area contributed by atoms with Crippen LogP contribution in [0.3, 0.4) is 0 Å². The smallest absolute Gasteiger partial charge is 0.549 e. The Morgan fingerprint density at radius 1 is 0.923 bits per heavy atom. The van der Waals surface area contributed by atoms with Gasteiger partial charge in [-0.25, -0.2) is 0 Å². The predicted molar refractivity (Wildman–Crippen MR) is 35.4 cm³/mol. The van der Waals surface area contributed by atoms with Gasteiger partial charge in [-0.2, -0.15) is 0 Å². The molecule has 0 saturated heterocycles. The molecular formula is C4H12CuN2O6. The number of carbonyl (C=O) groups is 2. The second-order valence-electron chi connectivity index (χ2n) is 1.15. The molecule has 8 N–H and O–H groups in total. The van der Waals surface area contributed by atoms with Crippen LogP contribution in [-0.2, 0) is 26.7 Å².